The lowest BCUT2D eigenvalue weighted by molar-refractivity contribution is 0.331. The van der Waals surface area contributed by atoms with Crippen LogP contribution in [0.5, 0.6) is 0 Å². The molecule has 4 aliphatic carbocycles. The Kier molecular flexibility index (Phi) is 12.9. The number of nitrogens with zero attached hydrogens (tertiary/aromatic N) is 3. The van der Waals surface area contributed by atoms with Gasteiger partial charge in [-0.15, -0.1) is 0 Å². The number of rotatable bonds is 5. The van der Waals surface area contributed by atoms with E-state index in [0.29, 0.717) is 0 Å². The second kappa shape index (κ2) is 19.5. The number of anilines is 8. The van der Waals surface area contributed by atoms with E-state index in [1.54, 1.807) is 0 Å². The van der Waals surface area contributed by atoms with Crippen molar-refractivity contribution in [1.29, 1.82) is 0 Å². The number of fused-ring (bicyclic) bond motifs is 13. The van der Waals surface area contributed by atoms with Gasteiger partial charge in [-0.25, -0.2) is 0 Å². The van der Waals surface area contributed by atoms with Gasteiger partial charge in [-0.05, 0) is 248 Å². The molecule has 9 aromatic carbocycles. The van der Waals surface area contributed by atoms with Gasteiger partial charge in [0, 0.05) is 61.9 Å². The maximum absolute atomic E-state index is 2.85. The molecular formula is C88H98BN3. The first-order chi connectivity index (χ1) is 43.0. The summed E-state index contributed by atoms with van der Waals surface area (Å²) in [6.45, 7) is 50.7. The quantitative estimate of drug-likeness (QED) is 0.159. The van der Waals surface area contributed by atoms with Gasteiger partial charge in [-0.2, -0.15) is 0 Å². The van der Waals surface area contributed by atoms with Crippen molar-refractivity contribution in [3.63, 3.8) is 0 Å². The first-order valence-electron chi connectivity index (χ1n) is 34.7. The van der Waals surface area contributed by atoms with E-state index in [1.807, 2.05) is 0 Å². The lowest BCUT2D eigenvalue weighted by Crippen LogP contribution is -2.62. The van der Waals surface area contributed by atoms with Crippen molar-refractivity contribution >= 4 is 63.3 Å². The Labute approximate surface area is 552 Å². The van der Waals surface area contributed by atoms with E-state index in [1.165, 1.54) is 153 Å². The highest BCUT2D eigenvalue weighted by Crippen LogP contribution is 2.62. The van der Waals surface area contributed by atoms with Crippen molar-refractivity contribution in [3.05, 3.63) is 225 Å². The van der Waals surface area contributed by atoms with Crippen LogP contribution in [-0.4, -0.2) is 6.85 Å². The molecule has 0 radical (unpaired) electrons. The second-order valence-electron chi connectivity index (χ2n) is 35.6. The molecular weight excluding hydrogens is 1110 g/mol. The number of benzene rings is 9. The molecule has 92 heavy (non-hydrogen) atoms. The van der Waals surface area contributed by atoms with E-state index >= 15 is 0 Å². The molecule has 0 bridgehead atoms. The smallest absolute Gasteiger partial charge is 0.333 e. The van der Waals surface area contributed by atoms with E-state index in [4.69, 9.17) is 0 Å². The predicted molar refractivity (Wildman–Crippen MR) is 397 cm³/mol. The molecule has 0 spiro atoms. The van der Waals surface area contributed by atoms with E-state index in [2.05, 4.69) is 324 Å². The van der Waals surface area contributed by atoms with Gasteiger partial charge < -0.3 is 14.6 Å². The summed E-state index contributed by atoms with van der Waals surface area (Å²) in [7, 11) is 0. The number of hydrogen-bond acceptors (Lipinski definition) is 3. The van der Waals surface area contributed by atoms with Crippen LogP contribution in [0.15, 0.2) is 164 Å². The highest BCUT2D eigenvalue weighted by molar-refractivity contribution is 6.93. The molecule has 3 nitrogen and oxygen atoms in total. The summed E-state index contributed by atoms with van der Waals surface area (Å²) in [6.07, 6.45) is 4.69. The van der Waals surface area contributed by atoms with E-state index in [0.717, 1.165) is 23.5 Å². The van der Waals surface area contributed by atoms with E-state index in [9.17, 15) is 0 Å². The summed E-state index contributed by atoms with van der Waals surface area (Å²) in [4.78, 5) is 8.10. The van der Waals surface area contributed by atoms with Crippen molar-refractivity contribution < 1.29 is 0 Å². The van der Waals surface area contributed by atoms with Crippen LogP contribution in [-0.2, 0) is 48.7 Å². The average Bonchev–Trinajstić information content (AvgIpc) is 1.31. The summed E-state index contributed by atoms with van der Waals surface area (Å²) in [5.41, 5.74) is 35.7. The standard InChI is InChI=1S/C88H98BN3/c1-80(2,3)53-26-32-56(33-27-53)90(57-34-28-54(29-35-57)81(4,5)6)59-39-41-74-76(47-59)91(58-36-30-55(31-37-58)82(7,8)9)79-77-65(61-24-22-23-25-67(61)88(77,20)21)49-66-64-48-62-63-50-72-73(86(16,17)45-44-85(72,14)15)51-69(63)87(18,19)70(62)52-75(64)92(89(74)78(66)79)60-38-40-68-71(46-60)84(12,13)43-42-83(68,10)11/h22-41,46-52H,42-45H2,1-21H3. The molecule has 2 heterocycles. The minimum atomic E-state index is -0.345. The third kappa shape index (κ3) is 8.93. The van der Waals surface area contributed by atoms with Gasteiger partial charge >= 0.3 is 6.85 Å². The molecule has 9 aromatic rings. The van der Waals surface area contributed by atoms with Gasteiger partial charge in [0.25, 0.3) is 0 Å². The lowest BCUT2D eigenvalue weighted by atomic mass is 9.42. The van der Waals surface area contributed by atoms with Crippen molar-refractivity contribution in [2.45, 2.75) is 220 Å². The van der Waals surface area contributed by atoms with Crippen LogP contribution in [0.25, 0.3) is 33.4 Å². The molecule has 0 fully saturated rings. The highest BCUT2D eigenvalue weighted by Gasteiger charge is 2.53. The summed E-state index contributed by atoms with van der Waals surface area (Å²) in [5, 5.41) is 0. The zero-order valence-electron chi connectivity index (χ0n) is 59.3. The maximum atomic E-state index is 2.85. The highest BCUT2D eigenvalue weighted by atomic mass is 15.2. The van der Waals surface area contributed by atoms with Crippen molar-refractivity contribution in [2.24, 2.45) is 0 Å². The zero-order valence-corrected chi connectivity index (χ0v) is 59.3. The normalized spacial score (nSPS) is 18.6. The Bertz CT molecular complexity index is 4500. The average molecular weight is 1210 g/mol. The van der Waals surface area contributed by atoms with Crippen molar-refractivity contribution in [1.82, 2.24) is 0 Å². The summed E-state index contributed by atoms with van der Waals surface area (Å²) < 4.78 is 0. The van der Waals surface area contributed by atoms with Crippen LogP contribution < -0.4 is 25.5 Å². The van der Waals surface area contributed by atoms with E-state index < -0.39 is 0 Å². The largest absolute Gasteiger partial charge is 0.376 e. The second-order valence-corrected chi connectivity index (χ2v) is 35.6. The molecule has 4 heteroatoms. The molecule has 0 saturated carbocycles. The molecule has 6 aliphatic rings. The topological polar surface area (TPSA) is 9.72 Å². The van der Waals surface area contributed by atoms with Crippen LogP contribution in [0.1, 0.15) is 232 Å². The Balaban J connectivity index is 1.08. The molecule has 0 unspecified atom stereocenters. The molecule has 0 N–H and O–H groups in total. The van der Waals surface area contributed by atoms with Gasteiger partial charge in [0.1, 0.15) is 0 Å². The monoisotopic (exact) mass is 1210 g/mol. The fourth-order valence-electron chi connectivity index (χ4n) is 17.7. The van der Waals surface area contributed by atoms with Gasteiger partial charge in [0.05, 0.1) is 0 Å². The summed E-state index contributed by atoms with van der Waals surface area (Å²) >= 11 is 0. The molecule has 0 aromatic heterocycles. The SMILES string of the molecule is CC(C)(C)c1ccc(N(c2ccc(C(C)(C)C)cc2)c2ccc3c(c2)N(c2ccc(C(C)(C)C)cc2)c2c4c(cc5c2C(C)(C)c2ccccc2-5)-c2cc5c(cc2N(c2ccc6c(c2)C(C)(C)CCC6(C)C)B34)C(C)(C)c2cc3c(cc2-5)C(C)(C)CCC3(C)C)cc1. The molecule has 15 rings (SSSR count). The molecule has 468 valence electrons. The Morgan fingerprint density at radius 1 is 0.348 bits per heavy atom. The van der Waals surface area contributed by atoms with Gasteiger partial charge in [0.15, 0.2) is 0 Å². The first-order valence-corrected chi connectivity index (χ1v) is 34.7. The summed E-state index contributed by atoms with van der Waals surface area (Å²) in [5.74, 6) is 0. The number of hydrogen-bond donors (Lipinski definition) is 0. The Hall–Kier alpha value is -7.56. The van der Waals surface area contributed by atoms with Crippen LogP contribution in [0.4, 0.5) is 45.5 Å². The maximum Gasteiger partial charge on any atom is 0.333 e. The lowest BCUT2D eigenvalue weighted by Gasteiger charge is -2.48. The predicted octanol–water partition coefficient (Wildman–Crippen LogP) is 23.1. The minimum absolute atomic E-state index is 0.00355. The van der Waals surface area contributed by atoms with Crippen LogP contribution in [0.2, 0.25) is 0 Å². The van der Waals surface area contributed by atoms with Gasteiger partial charge in [0.2, 0.25) is 0 Å². The summed E-state index contributed by atoms with van der Waals surface area (Å²) in [6, 6.07) is 66.5. The van der Waals surface area contributed by atoms with Crippen molar-refractivity contribution in [3.8, 4) is 33.4 Å². The fraction of sp³-hybridized carbons (Fsp3) is 0.386. The van der Waals surface area contributed by atoms with Crippen LogP contribution >= 0.6 is 0 Å². The third-order valence-electron chi connectivity index (χ3n) is 23.8. The van der Waals surface area contributed by atoms with Gasteiger partial charge in [-0.1, -0.05) is 224 Å². The van der Waals surface area contributed by atoms with Crippen LogP contribution in [0, 0.1) is 0 Å². The third-order valence-corrected chi connectivity index (χ3v) is 23.8. The van der Waals surface area contributed by atoms with Crippen LogP contribution in [0.3, 0.4) is 0 Å². The molecule has 0 amide bonds. The molecule has 0 atom stereocenters. The molecule has 0 saturated heterocycles. The molecule has 2 aliphatic heterocycles. The van der Waals surface area contributed by atoms with Gasteiger partial charge in [-0.3, -0.25) is 0 Å². The van der Waals surface area contributed by atoms with Crippen molar-refractivity contribution in [2.75, 3.05) is 14.6 Å². The first kappa shape index (κ1) is 60.7. The Morgan fingerprint density at radius 3 is 1.38 bits per heavy atom. The minimum Gasteiger partial charge on any atom is -0.376 e. The Morgan fingerprint density at radius 2 is 0.815 bits per heavy atom. The van der Waals surface area contributed by atoms with E-state index in [-0.39, 0.29) is 55.6 Å². The zero-order chi connectivity index (χ0) is 65.3. The fourth-order valence-corrected chi connectivity index (χ4v) is 17.7.